The molecule has 2 heterocycles. The van der Waals surface area contributed by atoms with Crippen molar-refractivity contribution in [3.8, 4) is 5.88 Å². The fourth-order valence-corrected chi connectivity index (χ4v) is 1.40. The van der Waals surface area contributed by atoms with Gasteiger partial charge in [-0.25, -0.2) is 4.98 Å². The standard InChI is InChI=1S/C10H12N2O3/c11-10(13)7-1-3-12-9(5-7)15-8-2-4-14-6-8/h1,3,5,8H,2,4,6H2,(H2,11,13). The average molecular weight is 208 g/mol. The van der Waals surface area contributed by atoms with Gasteiger partial charge in [0.25, 0.3) is 0 Å². The lowest BCUT2D eigenvalue weighted by atomic mass is 10.2. The molecule has 15 heavy (non-hydrogen) atoms. The van der Waals surface area contributed by atoms with Gasteiger partial charge in [-0.15, -0.1) is 0 Å². The minimum atomic E-state index is -0.482. The van der Waals surface area contributed by atoms with Crippen LogP contribution < -0.4 is 10.5 Å². The third-order valence-electron chi connectivity index (χ3n) is 2.19. The zero-order valence-corrected chi connectivity index (χ0v) is 8.18. The van der Waals surface area contributed by atoms with E-state index < -0.39 is 5.91 Å². The Kier molecular flexibility index (Phi) is 2.82. The molecule has 0 aliphatic carbocycles. The monoisotopic (exact) mass is 208 g/mol. The number of pyridine rings is 1. The molecule has 0 spiro atoms. The maximum absolute atomic E-state index is 10.9. The first-order valence-electron chi connectivity index (χ1n) is 4.76. The zero-order chi connectivity index (χ0) is 10.7. The lowest BCUT2D eigenvalue weighted by Crippen LogP contribution is -2.17. The number of amides is 1. The van der Waals surface area contributed by atoms with Crippen molar-refractivity contribution in [3.05, 3.63) is 23.9 Å². The maximum atomic E-state index is 10.9. The van der Waals surface area contributed by atoms with Gasteiger partial charge in [0.1, 0.15) is 6.10 Å². The van der Waals surface area contributed by atoms with Crippen LogP contribution in [0.3, 0.4) is 0 Å². The largest absolute Gasteiger partial charge is 0.472 e. The van der Waals surface area contributed by atoms with Crippen LogP contribution in [0, 0.1) is 0 Å². The molecule has 0 bridgehead atoms. The zero-order valence-electron chi connectivity index (χ0n) is 8.18. The van der Waals surface area contributed by atoms with E-state index >= 15 is 0 Å². The van der Waals surface area contributed by atoms with Crippen molar-refractivity contribution in [3.63, 3.8) is 0 Å². The molecule has 1 aromatic heterocycles. The molecular formula is C10H12N2O3. The number of aromatic nitrogens is 1. The van der Waals surface area contributed by atoms with Crippen LogP contribution in [0.25, 0.3) is 0 Å². The molecule has 5 nitrogen and oxygen atoms in total. The number of rotatable bonds is 3. The van der Waals surface area contributed by atoms with Crippen molar-refractivity contribution in [2.45, 2.75) is 12.5 Å². The number of hydrogen-bond acceptors (Lipinski definition) is 4. The number of hydrogen-bond donors (Lipinski definition) is 1. The molecule has 80 valence electrons. The molecule has 1 saturated heterocycles. The Balaban J connectivity index is 2.07. The highest BCUT2D eigenvalue weighted by molar-refractivity contribution is 5.92. The number of nitrogens with two attached hydrogens (primary N) is 1. The first kappa shape index (κ1) is 9.92. The topological polar surface area (TPSA) is 74.4 Å². The molecule has 1 aliphatic heterocycles. The van der Waals surface area contributed by atoms with Crippen molar-refractivity contribution in [1.29, 1.82) is 0 Å². The summed E-state index contributed by atoms with van der Waals surface area (Å²) in [6.07, 6.45) is 2.38. The summed E-state index contributed by atoms with van der Waals surface area (Å²) in [5.74, 6) is -0.0632. The van der Waals surface area contributed by atoms with E-state index in [2.05, 4.69) is 4.98 Å². The van der Waals surface area contributed by atoms with E-state index in [0.29, 0.717) is 24.7 Å². The van der Waals surface area contributed by atoms with E-state index in [9.17, 15) is 4.79 Å². The second kappa shape index (κ2) is 4.27. The normalized spacial score (nSPS) is 20.1. The van der Waals surface area contributed by atoms with Gasteiger partial charge < -0.3 is 15.2 Å². The van der Waals surface area contributed by atoms with Crippen molar-refractivity contribution < 1.29 is 14.3 Å². The first-order chi connectivity index (χ1) is 7.25. The molecule has 1 atom stereocenters. The summed E-state index contributed by atoms with van der Waals surface area (Å²) in [6.45, 7) is 1.28. The summed E-state index contributed by atoms with van der Waals surface area (Å²) in [7, 11) is 0. The summed E-state index contributed by atoms with van der Waals surface area (Å²) >= 11 is 0. The second-order valence-corrected chi connectivity index (χ2v) is 3.35. The Labute approximate surface area is 87.2 Å². The molecule has 2 N–H and O–H groups in total. The van der Waals surface area contributed by atoms with Crippen molar-refractivity contribution >= 4 is 5.91 Å². The number of nitrogens with zero attached hydrogens (tertiary/aromatic N) is 1. The van der Waals surface area contributed by atoms with Crippen molar-refractivity contribution in [2.24, 2.45) is 5.73 Å². The molecule has 1 unspecified atom stereocenters. The predicted molar refractivity (Wildman–Crippen MR) is 52.6 cm³/mol. The fourth-order valence-electron chi connectivity index (χ4n) is 1.40. The van der Waals surface area contributed by atoms with Crippen LogP contribution in [0.5, 0.6) is 5.88 Å². The predicted octanol–water partition coefficient (Wildman–Crippen LogP) is 0.348. The van der Waals surface area contributed by atoms with Crippen LogP contribution >= 0.6 is 0 Å². The smallest absolute Gasteiger partial charge is 0.248 e. The third-order valence-corrected chi connectivity index (χ3v) is 2.19. The average Bonchev–Trinajstić information content (AvgIpc) is 2.71. The maximum Gasteiger partial charge on any atom is 0.248 e. The van der Waals surface area contributed by atoms with Gasteiger partial charge in [-0.2, -0.15) is 0 Å². The van der Waals surface area contributed by atoms with Crippen LogP contribution in [0.2, 0.25) is 0 Å². The lowest BCUT2D eigenvalue weighted by molar-refractivity contribution is 0.0998. The van der Waals surface area contributed by atoms with Crippen molar-refractivity contribution in [2.75, 3.05) is 13.2 Å². The summed E-state index contributed by atoms with van der Waals surface area (Å²) in [4.78, 5) is 14.9. The number of carbonyl (C=O) groups is 1. The molecular weight excluding hydrogens is 196 g/mol. The SMILES string of the molecule is NC(=O)c1ccnc(OC2CCOC2)c1. The summed E-state index contributed by atoms with van der Waals surface area (Å²) in [5.41, 5.74) is 5.55. The Morgan fingerprint density at radius 1 is 1.67 bits per heavy atom. The Hall–Kier alpha value is -1.62. The Morgan fingerprint density at radius 2 is 2.53 bits per heavy atom. The minimum absolute atomic E-state index is 0.0284. The van der Waals surface area contributed by atoms with E-state index in [1.54, 1.807) is 12.1 Å². The van der Waals surface area contributed by atoms with Crippen molar-refractivity contribution in [1.82, 2.24) is 4.98 Å². The molecule has 0 saturated carbocycles. The quantitative estimate of drug-likeness (QED) is 0.777. The summed E-state index contributed by atoms with van der Waals surface area (Å²) in [6, 6.07) is 3.10. The highest BCUT2D eigenvalue weighted by Gasteiger charge is 2.17. The second-order valence-electron chi connectivity index (χ2n) is 3.35. The minimum Gasteiger partial charge on any atom is -0.472 e. The number of ether oxygens (including phenoxy) is 2. The summed E-state index contributed by atoms with van der Waals surface area (Å²) in [5, 5.41) is 0. The highest BCUT2D eigenvalue weighted by Crippen LogP contribution is 2.15. The van der Waals surface area contributed by atoms with Gasteiger partial charge in [0, 0.05) is 24.2 Å². The third kappa shape index (κ3) is 2.44. The van der Waals surface area contributed by atoms with Gasteiger partial charge in [0.15, 0.2) is 0 Å². The number of carbonyl (C=O) groups excluding carboxylic acids is 1. The highest BCUT2D eigenvalue weighted by atomic mass is 16.5. The summed E-state index contributed by atoms with van der Waals surface area (Å²) < 4.78 is 10.7. The molecule has 1 aliphatic rings. The Morgan fingerprint density at radius 3 is 3.20 bits per heavy atom. The van der Waals surface area contributed by atoms with Crippen LogP contribution in [-0.4, -0.2) is 30.2 Å². The lowest BCUT2D eigenvalue weighted by Gasteiger charge is -2.10. The molecule has 0 aromatic carbocycles. The van der Waals surface area contributed by atoms with Gasteiger partial charge in [-0.1, -0.05) is 0 Å². The molecule has 2 rings (SSSR count). The first-order valence-corrected chi connectivity index (χ1v) is 4.76. The van der Waals surface area contributed by atoms with Gasteiger partial charge in [0.2, 0.25) is 11.8 Å². The van der Waals surface area contributed by atoms with Crippen LogP contribution in [0.15, 0.2) is 18.3 Å². The van der Waals surface area contributed by atoms with Gasteiger partial charge in [-0.05, 0) is 6.07 Å². The van der Waals surface area contributed by atoms with Gasteiger partial charge >= 0.3 is 0 Å². The fraction of sp³-hybridized carbons (Fsp3) is 0.400. The van der Waals surface area contributed by atoms with E-state index in [-0.39, 0.29) is 6.10 Å². The van der Waals surface area contributed by atoms with E-state index in [0.717, 1.165) is 6.42 Å². The van der Waals surface area contributed by atoms with Gasteiger partial charge in [0.05, 0.1) is 13.2 Å². The van der Waals surface area contributed by atoms with E-state index in [4.69, 9.17) is 15.2 Å². The molecule has 5 heteroatoms. The molecule has 1 aromatic rings. The molecule has 0 radical (unpaired) electrons. The van der Waals surface area contributed by atoms with Crippen LogP contribution in [0.1, 0.15) is 16.8 Å². The van der Waals surface area contributed by atoms with Crippen LogP contribution in [-0.2, 0) is 4.74 Å². The molecule has 1 amide bonds. The molecule has 1 fully saturated rings. The number of primary amides is 1. The van der Waals surface area contributed by atoms with E-state index in [1.807, 2.05) is 0 Å². The Bertz CT molecular complexity index is 361. The van der Waals surface area contributed by atoms with Gasteiger partial charge in [-0.3, -0.25) is 4.79 Å². The van der Waals surface area contributed by atoms with Crippen LogP contribution in [0.4, 0.5) is 0 Å². The van der Waals surface area contributed by atoms with E-state index in [1.165, 1.54) is 6.20 Å².